The highest BCUT2D eigenvalue weighted by molar-refractivity contribution is 5.81. The zero-order chi connectivity index (χ0) is 13.0. The van der Waals surface area contributed by atoms with Gasteiger partial charge in [0, 0.05) is 0 Å². The molecule has 6 nitrogen and oxygen atoms in total. The molecule has 0 atom stereocenters. The van der Waals surface area contributed by atoms with E-state index in [4.69, 9.17) is 14.3 Å². The Morgan fingerprint density at radius 1 is 1.44 bits per heavy atom. The van der Waals surface area contributed by atoms with Gasteiger partial charge in [-0.05, 0) is 24.6 Å². The van der Waals surface area contributed by atoms with Gasteiger partial charge in [-0.15, -0.1) is 10.2 Å². The van der Waals surface area contributed by atoms with E-state index in [0.717, 1.165) is 11.3 Å². The van der Waals surface area contributed by atoms with Crippen molar-refractivity contribution in [1.82, 2.24) is 10.2 Å². The first-order valence-electron chi connectivity index (χ1n) is 5.40. The van der Waals surface area contributed by atoms with E-state index in [1.54, 1.807) is 0 Å². The smallest absolute Gasteiger partial charge is 0.393 e. The number of benzene rings is 1. The fourth-order valence-corrected chi connectivity index (χ4v) is 1.40. The topological polar surface area (TPSA) is 85.5 Å². The second-order valence-electron chi connectivity index (χ2n) is 3.72. The number of rotatable bonds is 5. The summed E-state index contributed by atoms with van der Waals surface area (Å²) in [5.41, 5.74) is 1.11. The summed E-state index contributed by atoms with van der Waals surface area (Å²) < 4.78 is 10.4. The molecule has 0 bridgehead atoms. The second-order valence-corrected chi connectivity index (χ2v) is 3.72. The van der Waals surface area contributed by atoms with Crippen LogP contribution in [0, 0.1) is 6.92 Å². The minimum absolute atomic E-state index is 0.250. The molecule has 1 N–H and O–H groups in total. The molecular weight excluding hydrogens is 236 g/mol. The molecule has 1 heterocycles. The van der Waals surface area contributed by atoms with Gasteiger partial charge in [0.25, 0.3) is 0 Å². The second kappa shape index (κ2) is 5.31. The first-order chi connectivity index (χ1) is 8.65. The maximum absolute atomic E-state index is 10.5. The highest BCUT2D eigenvalue weighted by Gasteiger charge is 2.12. The molecule has 1 aromatic heterocycles. The summed E-state index contributed by atoms with van der Waals surface area (Å²) in [5, 5.41) is 15.6. The Labute approximate surface area is 103 Å². The maximum atomic E-state index is 10.5. The third-order valence-corrected chi connectivity index (χ3v) is 2.22. The number of carboxylic acids is 1. The van der Waals surface area contributed by atoms with Crippen LogP contribution in [-0.2, 0) is 6.42 Å². The third kappa shape index (κ3) is 3.07. The molecule has 0 saturated carbocycles. The molecule has 6 heteroatoms. The van der Waals surface area contributed by atoms with Crippen molar-refractivity contribution in [1.29, 1.82) is 0 Å². The van der Waals surface area contributed by atoms with Gasteiger partial charge in [0.2, 0.25) is 5.89 Å². The summed E-state index contributed by atoms with van der Waals surface area (Å²) in [4.78, 5) is 10.5. The van der Waals surface area contributed by atoms with Gasteiger partial charge in [0.15, 0.2) is 0 Å². The van der Waals surface area contributed by atoms with E-state index in [-0.39, 0.29) is 5.89 Å². The van der Waals surface area contributed by atoms with Gasteiger partial charge < -0.3 is 14.3 Å². The Kier molecular flexibility index (Phi) is 3.57. The number of aryl methyl sites for hydroxylation is 1. The lowest BCUT2D eigenvalue weighted by molar-refractivity contribution is 0.0651. The molecule has 0 aliphatic carbocycles. The number of carbonyl (C=O) groups is 1. The van der Waals surface area contributed by atoms with Crippen molar-refractivity contribution >= 4 is 5.97 Å². The summed E-state index contributed by atoms with van der Waals surface area (Å²) in [6.45, 7) is 2.33. The maximum Gasteiger partial charge on any atom is 0.393 e. The number of aromatic nitrogens is 2. The van der Waals surface area contributed by atoms with Crippen LogP contribution >= 0.6 is 0 Å². The summed E-state index contributed by atoms with van der Waals surface area (Å²) in [7, 11) is 0. The van der Waals surface area contributed by atoms with E-state index in [1.807, 2.05) is 31.2 Å². The predicted molar refractivity (Wildman–Crippen MR) is 61.6 cm³/mol. The van der Waals surface area contributed by atoms with Gasteiger partial charge in [0.1, 0.15) is 5.75 Å². The van der Waals surface area contributed by atoms with Gasteiger partial charge in [-0.3, -0.25) is 0 Å². The standard InChI is InChI=1S/C12H12N2O4/c1-8-3-2-4-9(7-8)17-6-5-10-13-14-11(18-10)12(15)16/h2-4,7H,5-6H2,1H3,(H,15,16). The van der Waals surface area contributed by atoms with Crippen LogP contribution in [0.15, 0.2) is 28.7 Å². The number of aromatic carboxylic acids is 1. The lowest BCUT2D eigenvalue weighted by Gasteiger charge is -2.04. The fraction of sp³-hybridized carbons (Fsp3) is 0.250. The zero-order valence-electron chi connectivity index (χ0n) is 9.79. The molecule has 0 amide bonds. The molecule has 94 valence electrons. The van der Waals surface area contributed by atoms with Crippen LogP contribution in [0.2, 0.25) is 0 Å². The fourth-order valence-electron chi connectivity index (χ4n) is 1.40. The first-order valence-corrected chi connectivity index (χ1v) is 5.40. The van der Waals surface area contributed by atoms with Crippen molar-refractivity contribution in [3.8, 4) is 5.75 Å². The molecule has 0 unspecified atom stereocenters. The highest BCUT2D eigenvalue weighted by atomic mass is 16.5. The number of hydrogen-bond donors (Lipinski definition) is 1. The molecule has 0 aliphatic rings. The van der Waals surface area contributed by atoms with Crippen LogP contribution < -0.4 is 4.74 Å². The van der Waals surface area contributed by atoms with E-state index in [2.05, 4.69) is 10.2 Å². The number of hydrogen-bond acceptors (Lipinski definition) is 5. The Hall–Kier alpha value is -2.37. The average molecular weight is 248 g/mol. The van der Waals surface area contributed by atoms with Crippen molar-refractivity contribution in [2.24, 2.45) is 0 Å². The van der Waals surface area contributed by atoms with Gasteiger partial charge >= 0.3 is 11.9 Å². The quantitative estimate of drug-likeness (QED) is 0.866. The van der Waals surface area contributed by atoms with E-state index in [0.29, 0.717) is 13.0 Å². The molecule has 0 spiro atoms. The van der Waals surface area contributed by atoms with Gasteiger partial charge in [-0.25, -0.2) is 4.79 Å². The van der Waals surface area contributed by atoms with E-state index in [9.17, 15) is 4.79 Å². The molecule has 2 aromatic rings. The van der Waals surface area contributed by atoms with Crippen molar-refractivity contribution in [3.63, 3.8) is 0 Å². The Balaban J connectivity index is 1.86. The Morgan fingerprint density at radius 3 is 2.94 bits per heavy atom. The van der Waals surface area contributed by atoms with Crippen LogP contribution in [-0.4, -0.2) is 27.9 Å². The minimum Gasteiger partial charge on any atom is -0.493 e. The first kappa shape index (κ1) is 12.1. The highest BCUT2D eigenvalue weighted by Crippen LogP contribution is 2.12. The summed E-state index contributed by atoms with van der Waals surface area (Å²) in [5.74, 6) is -0.623. The molecule has 0 saturated heterocycles. The van der Waals surface area contributed by atoms with Gasteiger partial charge in [-0.1, -0.05) is 12.1 Å². The Bertz CT molecular complexity index is 551. The van der Waals surface area contributed by atoms with Crippen molar-refractivity contribution < 1.29 is 19.1 Å². The summed E-state index contributed by atoms with van der Waals surface area (Å²) >= 11 is 0. The van der Waals surface area contributed by atoms with Crippen LogP contribution in [0.3, 0.4) is 0 Å². The molecular formula is C12H12N2O4. The molecule has 1 aromatic carbocycles. The summed E-state index contributed by atoms with van der Waals surface area (Å²) in [6.07, 6.45) is 0.369. The normalized spacial score (nSPS) is 10.3. The monoisotopic (exact) mass is 248 g/mol. The van der Waals surface area contributed by atoms with Crippen molar-refractivity contribution in [3.05, 3.63) is 41.6 Å². The number of ether oxygens (including phenoxy) is 1. The zero-order valence-corrected chi connectivity index (χ0v) is 9.79. The molecule has 2 rings (SSSR count). The predicted octanol–water partition coefficient (Wildman–Crippen LogP) is 1.70. The van der Waals surface area contributed by atoms with E-state index < -0.39 is 11.9 Å². The molecule has 0 aliphatic heterocycles. The van der Waals surface area contributed by atoms with Crippen molar-refractivity contribution in [2.45, 2.75) is 13.3 Å². The number of nitrogens with zero attached hydrogens (tertiary/aromatic N) is 2. The minimum atomic E-state index is -1.23. The van der Waals surface area contributed by atoms with Crippen LogP contribution in [0.5, 0.6) is 5.75 Å². The van der Waals surface area contributed by atoms with Crippen molar-refractivity contribution in [2.75, 3.05) is 6.61 Å². The molecule has 0 fully saturated rings. The largest absolute Gasteiger partial charge is 0.493 e. The molecule has 18 heavy (non-hydrogen) atoms. The van der Waals surface area contributed by atoms with E-state index in [1.165, 1.54) is 0 Å². The van der Waals surface area contributed by atoms with Crippen LogP contribution in [0.1, 0.15) is 22.1 Å². The Morgan fingerprint density at radius 2 is 2.28 bits per heavy atom. The van der Waals surface area contributed by atoms with E-state index >= 15 is 0 Å². The van der Waals surface area contributed by atoms with Crippen LogP contribution in [0.25, 0.3) is 0 Å². The van der Waals surface area contributed by atoms with Crippen LogP contribution in [0.4, 0.5) is 0 Å². The lowest BCUT2D eigenvalue weighted by atomic mass is 10.2. The molecule has 0 radical (unpaired) electrons. The summed E-state index contributed by atoms with van der Waals surface area (Å²) in [6, 6.07) is 7.64. The SMILES string of the molecule is Cc1cccc(OCCc2nnc(C(=O)O)o2)c1. The average Bonchev–Trinajstić information content (AvgIpc) is 2.78. The third-order valence-electron chi connectivity index (χ3n) is 2.22. The lowest BCUT2D eigenvalue weighted by Crippen LogP contribution is -2.01. The van der Waals surface area contributed by atoms with Gasteiger partial charge in [0.05, 0.1) is 13.0 Å². The van der Waals surface area contributed by atoms with Gasteiger partial charge in [-0.2, -0.15) is 0 Å². The number of carboxylic acid groups (broad SMARTS) is 1.